The molecule has 1 saturated heterocycles. The summed E-state index contributed by atoms with van der Waals surface area (Å²) in [7, 11) is 0. The van der Waals surface area contributed by atoms with Gasteiger partial charge in [0.15, 0.2) is 0 Å². The van der Waals surface area contributed by atoms with Crippen molar-refractivity contribution < 1.29 is 0 Å². The summed E-state index contributed by atoms with van der Waals surface area (Å²) in [5, 5.41) is 4.37. The Balaban J connectivity index is 2.28. The Morgan fingerprint density at radius 1 is 1.24 bits per heavy atom. The third-order valence-electron chi connectivity index (χ3n) is 2.91. The van der Waals surface area contributed by atoms with Crippen molar-refractivity contribution in [3.8, 4) is 0 Å². The number of rotatable bonds is 3. The third kappa shape index (κ3) is 2.96. The zero-order chi connectivity index (χ0) is 12.3. The van der Waals surface area contributed by atoms with Gasteiger partial charge in [-0.25, -0.2) is 4.98 Å². The summed E-state index contributed by atoms with van der Waals surface area (Å²) in [6.07, 6.45) is 3.70. The maximum atomic E-state index is 6.22. The minimum absolute atomic E-state index is 0.581. The molecule has 0 spiro atoms. The molecule has 0 aliphatic carbocycles. The summed E-state index contributed by atoms with van der Waals surface area (Å²) in [5.41, 5.74) is 0. The number of nitrogens with one attached hydrogen (secondary N) is 1. The topological polar surface area (TPSA) is 28.2 Å². The molecule has 0 bridgehead atoms. The van der Waals surface area contributed by atoms with Gasteiger partial charge in [-0.15, -0.1) is 0 Å². The van der Waals surface area contributed by atoms with E-state index in [1.807, 2.05) is 6.92 Å². The minimum atomic E-state index is 0.581. The fourth-order valence-corrected chi connectivity index (χ4v) is 2.62. The van der Waals surface area contributed by atoms with Crippen LogP contribution in [0, 0.1) is 0 Å². The Labute approximate surface area is 112 Å². The smallest absolute Gasteiger partial charge is 0.149 e. The standard InChI is InChI=1S/C12H17Cl2N3/c1-2-15-11-9(13)8-10(14)12(16-11)17-6-4-3-5-7-17/h8H,2-7H2,1H3,(H,15,16). The number of pyridine rings is 1. The zero-order valence-corrected chi connectivity index (χ0v) is 11.5. The molecule has 1 aromatic heterocycles. The Morgan fingerprint density at radius 3 is 2.59 bits per heavy atom. The molecule has 0 radical (unpaired) electrons. The number of halogens is 2. The molecule has 1 N–H and O–H groups in total. The lowest BCUT2D eigenvalue weighted by molar-refractivity contribution is 0.573. The molecule has 3 nitrogen and oxygen atoms in total. The van der Waals surface area contributed by atoms with Gasteiger partial charge in [0.25, 0.3) is 0 Å². The van der Waals surface area contributed by atoms with Crippen molar-refractivity contribution in [1.82, 2.24) is 4.98 Å². The van der Waals surface area contributed by atoms with Crippen molar-refractivity contribution in [1.29, 1.82) is 0 Å². The summed E-state index contributed by atoms with van der Waals surface area (Å²) < 4.78 is 0. The highest BCUT2D eigenvalue weighted by molar-refractivity contribution is 6.37. The highest BCUT2D eigenvalue weighted by Crippen LogP contribution is 2.32. The molecule has 5 heteroatoms. The Bertz CT molecular complexity index is 390. The molecular weight excluding hydrogens is 257 g/mol. The van der Waals surface area contributed by atoms with Gasteiger partial charge in [-0.3, -0.25) is 0 Å². The molecule has 1 aromatic rings. The molecule has 94 valence electrons. The normalized spacial score (nSPS) is 16.1. The van der Waals surface area contributed by atoms with E-state index in [-0.39, 0.29) is 0 Å². The predicted molar refractivity (Wildman–Crippen MR) is 74.5 cm³/mol. The van der Waals surface area contributed by atoms with Crippen LogP contribution in [0.3, 0.4) is 0 Å². The molecule has 0 amide bonds. The van der Waals surface area contributed by atoms with Crippen LogP contribution in [-0.2, 0) is 0 Å². The van der Waals surface area contributed by atoms with E-state index in [2.05, 4.69) is 15.2 Å². The van der Waals surface area contributed by atoms with Crippen molar-refractivity contribution in [3.05, 3.63) is 16.1 Å². The van der Waals surface area contributed by atoms with Crippen LogP contribution in [0.5, 0.6) is 0 Å². The molecule has 0 atom stereocenters. The summed E-state index contributed by atoms with van der Waals surface area (Å²) in [4.78, 5) is 6.78. The van der Waals surface area contributed by atoms with Crippen LogP contribution in [-0.4, -0.2) is 24.6 Å². The highest BCUT2D eigenvalue weighted by Gasteiger charge is 2.17. The molecule has 0 saturated carbocycles. The maximum absolute atomic E-state index is 6.22. The molecule has 1 aliphatic rings. The first kappa shape index (κ1) is 12.8. The van der Waals surface area contributed by atoms with E-state index >= 15 is 0 Å². The van der Waals surface area contributed by atoms with Crippen LogP contribution in [0.25, 0.3) is 0 Å². The van der Waals surface area contributed by atoms with E-state index in [1.54, 1.807) is 6.07 Å². The molecule has 1 aliphatic heterocycles. The predicted octanol–water partition coefficient (Wildman–Crippen LogP) is 3.81. The van der Waals surface area contributed by atoms with Crippen LogP contribution in [0.1, 0.15) is 26.2 Å². The van der Waals surface area contributed by atoms with Crippen molar-refractivity contribution in [2.24, 2.45) is 0 Å². The first-order valence-corrected chi connectivity index (χ1v) is 6.83. The third-order valence-corrected chi connectivity index (χ3v) is 3.48. The SMILES string of the molecule is CCNc1nc(N2CCCCC2)c(Cl)cc1Cl. The van der Waals surface area contributed by atoms with Gasteiger partial charge in [-0.05, 0) is 32.3 Å². The number of anilines is 2. The van der Waals surface area contributed by atoms with Crippen molar-refractivity contribution in [2.75, 3.05) is 29.9 Å². The van der Waals surface area contributed by atoms with E-state index < -0.39 is 0 Å². The van der Waals surface area contributed by atoms with Crippen LogP contribution in [0.2, 0.25) is 10.0 Å². The van der Waals surface area contributed by atoms with Gasteiger partial charge >= 0.3 is 0 Å². The number of hydrogen-bond donors (Lipinski definition) is 1. The van der Waals surface area contributed by atoms with Gasteiger partial charge in [0.1, 0.15) is 11.6 Å². The summed E-state index contributed by atoms with van der Waals surface area (Å²) in [6.45, 7) is 4.88. The molecule has 17 heavy (non-hydrogen) atoms. The average molecular weight is 274 g/mol. The number of aromatic nitrogens is 1. The monoisotopic (exact) mass is 273 g/mol. The fraction of sp³-hybridized carbons (Fsp3) is 0.583. The molecule has 2 heterocycles. The van der Waals surface area contributed by atoms with Crippen molar-refractivity contribution in [2.45, 2.75) is 26.2 Å². The second kappa shape index (κ2) is 5.78. The Hall–Kier alpha value is -0.670. The second-order valence-corrected chi connectivity index (χ2v) is 5.02. The van der Waals surface area contributed by atoms with Gasteiger partial charge in [-0.2, -0.15) is 0 Å². The van der Waals surface area contributed by atoms with Crippen LogP contribution < -0.4 is 10.2 Å². The first-order chi connectivity index (χ1) is 8.22. The maximum Gasteiger partial charge on any atom is 0.149 e. The number of nitrogens with zero attached hydrogens (tertiary/aromatic N) is 2. The minimum Gasteiger partial charge on any atom is -0.369 e. The van der Waals surface area contributed by atoms with Gasteiger partial charge in [0.05, 0.1) is 10.0 Å². The Morgan fingerprint density at radius 2 is 1.94 bits per heavy atom. The summed E-state index contributed by atoms with van der Waals surface area (Å²) in [6, 6.07) is 1.78. The Kier molecular flexibility index (Phi) is 4.35. The van der Waals surface area contributed by atoms with E-state index in [0.717, 1.165) is 31.3 Å². The van der Waals surface area contributed by atoms with E-state index in [0.29, 0.717) is 10.0 Å². The lowest BCUT2D eigenvalue weighted by Gasteiger charge is -2.28. The van der Waals surface area contributed by atoms with E-state index in [1.165, 1.54) is 19.3 Å². The lowest BCUT2D eigenvalue weighted by atomic mass is 10.1. The molecule has 0 aromatic carbocycles. The molecular formula is C12H17Cl2N3. The molecule has 2 rings (SSSR count). The van der Waals surface area contributed by atoms with Crippen LogP contribution in [0.4, 0.5) is 11.6 Å². The van der Waals surface area contributed by atoms with Gasteiger partial charge in [-0.1, -0.05) is 23.2 Å². The second-order valence-electron chi connectivity index (χ2n) is 4.20. The fourth-order valence-electron chi connectivity index (χ4n) is 2.08. The largest absolute Gasteiger partial charge is 0.369 e. The van der Waals surface area contributed by atoms with Crippen molar-refractivity contribution >= 4 is 34.8 Å². The van der Waals surface area contributed by atoms with E-state index in [4.69, 9.17) is 23.2 Å². The average Bonchev–Trinajstić information content (AvgIpc) is 2.34. The van der Waals surface area contributed by atoms with Gasteiger partial charge in [0.2, 0.25) is 0 Å². The first-order valence-electron chi connectivity index (χ1n) is 6.07. The van der Waals surface area contributed by atoms with Crippen LogP contribution >= 0.6 is 23.2 Å². The summed E-state index contributed by atoms with van der Waals surface area (Å²) >= 11 is 12.3. The van der Waals surface area contributed by atoms with Crippen molar-refractivity contribution in [3.63, 3.8) is 0 Å². The summed E-state index contributed by atoms with van der Waals surface area (Å²) in [5.74, 6) is 1.57. The quantitative estimate of drug-likeness (QED) is 0.908. The van der Waals surface area contributed by atoms with E-state index in [9.17, 15) is 0 Å². The van der Waals surface area contributed by atoms with Crippen LogP contribution in [0.15, 0.2) is 6.07 Å². The van der Waals surface area contributed by atoms with Gasteiger partial charge < -0.3 is 10.2 Å². The van der Waals surface area contributed by atoms with Gasteiger partial charge in [0, 0.05) is 19.6 Å². The molecule has 1 fully saturated rings. The lowest BCUT2D eigenvalue weighted by Crippen LogP contribution is -2.30. The highest BCUT2D eigenvalue weighted by atomic mass is 35.5. The zero-order valence-electron chi connectivity index (χ0n) is 9.97. The number of hydrogen-bond acceptors (Lipinski definition) is 3. The number of piperidine rings is 1. The molecule has 0 unspecified atom stereocenters.